The molecule has 126 valence electrons. The molecule has 0 bridgehead atoms. The highest BCUT2D eigenvalue weighted by Crippen LogP contribution is 2.30. The van der Waals surface area contributed by atoms with E-state index >= 15 is 0 Å². The molecular weight excluding hydrogens is 349 g/mol. The highest BCUT2D eigenvalue weighted by molar-refractivity contribution is 7.98. The molecule has 0 aliphatic rings. The highest BCUT2D eigenvalue weighted by Gasteiger charge is 2.17. The summed E-state index contributed by atoms with van der Waals surface area (Å²) < 4.78 is 20.6. The molecule has 2 aromatic heterocycles. The number of nitrogens with zero attached hydrogens (tertiary/aromatic N) is 3. The zero-order chi connectivity index (χ0) is 17.1. The molecule has 0 unspecified atom stereocenters. The van der Waals surface area contributed by atoms with Crippen molar-refractivity contribution in [1.82, 2.24) is 14.8 Å². The van der Waals surface area contributed by atoms with Crippen molar-refractivity contribution in [2.75, 3.05) is 0 Å². The number of thioether (sulfide) groups is 1. The van der Waals surface area contributed by atoms with Crippen molar-refractivity contribution >= 4 is 23.4 Å². The molecule has 0 amide bonds. The second kappa shape index (κ2) is 7.40. The van der Waals surface area contributed by atoms with E-state index in [0.29, 0.717) is 10.8 Å². The Balaban J connectivity index is 1.85. The van der Waals surface area contributed by atoms with Crippen LogP contribution < -0.4 is 0 Å². The Labute approximate surface area is 149 Å². The summed E-state index contributed by atoms with van der Waals surface area (Å²) >= 11 is 7.63. The first-order valence-corrected chi connectivity index (χ1v) is 9.01. The molecule has 3 rings (SSSR count). The van der Waals surface area contributed by atoms with Gasteiger partial charge >= 0.3 is 0 Å². The molecule has 0 aliphatic heterocycles. The third kappa shape index (κ3) is 3.49. The van der Waals surface area contributed by atoms with E-state index in [1.165, 1.54) is 23.9 Å². The zero-order valence-corrected chi connectivity index (χ0v) is 15.0. The summed E-state index contributed by atoms with van der Waals surface area (Å²) in [5, 5.41) is 9.88. The van der Waals surface area contributed by atoms with E-state index in [-0.39, 0.29) is 5.82 Å². The first-order valence-electron chi connectivity index (χ1n) is 7.64. The molecule has 2 heterocycles. The van der Waals surface area contributed by atoms with Gasteiger partial charge in [0.2, 0.25) is 0 Å². The Morgan fingerprint density at radius 1 is 1.29 bits per heavy atom. The van der Waals surface area contributed by atoms with E-state index in [9.17, 15) is 4.39 Å². The predicted octanol–water partition coefficient (Wildman–Crippen LogP) is 5.34. The third-order valence-corrected chi connectivity index (χ3v) is 5.00. The van der Waals surface area contributed by atoms with E-state index < -0.39 is 0 Å². The van der Waals surface area contributed by atoms with Gasteiger partial charge in [0.15, 0.2) is 11.0 Å². The molecule has 0 N–H and O–H groups in total. The van der Waals surface area contributed by atoms with Crippen molar-refractivity contribution in [3.8, 4) is 11.4 Å². The average molecular weight is 366 g/mol. The van der Waals surface area contributed by atoms with Crippen molar-refractivity contribution in [1.29, 1.82) is 0 Å². The summed E-state index contributed by atoms with van der Waals surface area (Å²) in [4.78, 5) is 0. The number of benzene rings is 1. The molecule has 1 aromatic carbocycles. The molecule has 0 aliphatic carbocycles. The third-order valence-electron chi connectivity index (χ3n) is 3.64. The zero-order valence-electron chi connectivity index (χ0n) is 13.4. The van der Waals surface area contributed by atoms with Crippen LogP contribution in [-0.4, -0.2) is 14.8 Å². The molecule has 4 nitrogen and oxygen atoms in total. The van der Waals surface area contributed by atoms with Crippen LogP contribution in [0.4, 0.5) is 4.39 Å². The van der Waals surface area contributed by atoms with Crippen molar-refractivity contribution in [3.05, 3.63) is 52.7 Å². The lowest BCUT2D eigenvalue weighted by Gasteiger charge is -2.09. The minimum absolute atomic E-state index is 0.333. The van der Waals surface area contributed by atoms with E-state index in [4.69, 9.17) is 16.0 Å². The Morgan fingerprint density at radius 2 is 2.12 bits per heavy atom. The number of aryl methyl sites for hydroxylation is 1. The average Bonchev–Trinajstić information content (AvgIpc) is 3.13. The predicted molar refractivity (Wildman–Crippen MR) is 93.7 cm³/mol. The monoisotopic (exact) mass is 365 g/mol. The van der Waals surface area contributed by atoms with Crippen LogP contribution in [0.5, 0.6) is 0 Å². The van der Waals surface area contributed by atoms with Crippen LogP contribution in [0.15, 0.2) is 40.1 Å². The summed E-state index contributed by atoms with van der Waals surface area (Å²) in [5.74, 6) is 1.89. The smallest absolute Gasteiger partial charge is 0.191 e. The molecule has 7 heteroatoms. The van der Waals surface area contributed by atoms with Gasteiger partial charge in [-0.1, -0.05) is 36.4 Å². The maximum Gasteiger partial charge on any atom is 0.191 e. The fraction of sp³-hybridized carbons (Fsp3) is 0.294. The first-order chi connectivity index (χ1) is 11.6. The van der Waals surface area contributed by atoms with Crippen LogP contribution in [0, 0.1) is 12.7 Å². The van der Waals surface area contributed by atoms with Gasteiger partial charge in [0.05, 0.1) is 11.8 Å². The van der Waals surface area contributed by atoms with Crippen LogP contribution in [0.2, 0.25) is 5.02 Å². The van der Waals surface area contributed by atoms with Gasteiger partial charge < -0.3 is 8.98 Å². The van der Waals surface area contributed by atoms with Gasteiger partial charge in [-0.2, -0.15) is 0 Å². The quantitative estimate of drug-likeness (QED) is 0.553. The van der Waals surface area contributed by atoms with Gasteiger partial charge in [0, 0.05) is 17.3 Å². The van der Waals surface area contributed by atoms with Gasteiger partial charge in [-0.05, 0) is 37.1 Å². The molecule has 0 fully saturated rings. The minimum atomic E-state index is -0.333. The first kappa shape index (κ1) is 17.0. The van der Waals surface area contributed by atoms with E-state index in [0.717, 1.165) is 40.8 Å². The molecular formula is C17H17ClFN3OS. The summed E-state index contributed by atoms with van der Waals surface area (Å²) in [6.45, 7) is 4.83. The SMILES string of the molecule is CCCn1c(SCc2ccc(F)cc2Cl)nnc1-c1ccoc1C. The van der Waals surface area contributed by atoms with E-state index in [2.05, 4.69) is 21.7 Å². The normalized spacial score (nSPS) is 11.2. The molecule has 0 radical (unpaired) electrons. The van der Waals surface area contributed by atoms with Crippen molar-refractivity contribution in [2.45, 2.75) is 37.7 Å². The summed E-state index contributed by atoms with van der Waals surface area (Å²) in [5.41, 5.74) is 1.82. The topological polar surface area (TPSA) is 43.9 Å². The van der Waals surface area contributed by atoms with Gasteiger partial charge in [-0.25, -0.2) is 4.39 Å². The largest absolute Gasteiger partial charge is 0.469 e. The lowest BCUT2D eigenvalue weighted by Crippen LogP contribution is -2.02. The Morgan fingerprint density at radius 3 is 2.79 bits per heavy atom. The fourth-order valence-corrected chi connectivity index (χ4v) is 3.70. The molecule has 0 saturated carbocycles. The molecule has 0 spiro atoms. The highest BCUT2D eigenvalue weighted by atomic mass is 35.5. The second-order valence-corrected chi connectivity index (χ2v) is 6.72. The number of halogens is 2. The van der Waals surface area contributed by atoms with Gasteiger partial charge in [0.25, 0.3) is 0 Å². The fourth-order valence-electron chi connectivity index (χ4n) is 2.42. The maximum atomic E-state index is 13.1. The summed E-state index contributed by atoms with van der Waals surface area (Å²) in [6, 6.07) is 6.34. The summed E-state index contributed by atoms with van der Waals surface area (Å²) in [7, 11) is 0. The lowest BCUT2D eigenvalue weighted by molar-refractivity contribution is 0.534. The number of hydrogen-bond acceptors (Lipinski definition) is 4. The Kier molecular flexibility index (Phi) is 5.26. The Hall–Kier alpha value is -1.79. The van der Waals surface area contributed by atoms with Crippen LogP contribution in [0.3, 0.4) is 0 Å². The Bertz CT molecular complexity index is 846. The van der Waals surface area contributed by atoms with Crippen LogP contribution >= 0.6 is 23.4 Å². The van der Waals surface area contributed by atoms with Crippen molar-refractivity contribution in [3.63, 3.8) is 0 Å². The number of aromatic nitrogens is 3. The standard InChI is InChI=1S/C17H17ClFN3OS/c1-3-7-22-16(14-6-8-23-11(14)2)20-21-17(22)24-10-12-4-5-13(19)9-15(12)18/h4-6,8-9H,3,7,10H2,1-2H3. The van der Waals surface area contributed by atoms with Gasteiger partial charge in [0.1, 0.15) is 11.6 Å². The van der Waals surface area contributed by atoms with Gasteiger partial charge in [-0.3, -0.25) is 0 Å². The maximum absolute atomic E-state index is 13.1. The molecule has 0 saturated heterocycles. The van der Waals surface area contributed by atoms with Crippen LogP contribution in [-0.2, 0) is 12.3 Å². The molecule has 24 heavy (non-hydrogen) atoms. The lowest BCUT2D eigenvalue weighted by atomic mass is 10.2. The number of hydrogen-bond donors (Lipinski definition) is 0. The van der Waals surface area contributed by atoms with Crippen molar-refractivity contribution in [2.24, 2.45) is 0 Å². The van der Waals surface area contributed by atoms with E-state index in [1.807, 2.05) is 13.0 Å². The van der Waals surface area contributed by atoms with E-state index in [1.54, 1.807) is 12.3 Å². The number of furan rings is 1. The van der Waals surface area contributed by atoms with Crippen LogP contribution in [0.1, 0.15) is 24.7 Å². The number of rotatable bonds is 6. The molecule has 3 aromatic rings. The molecule has 0 atom stereocenters. The van der Waals surface area contributed by atoms with Crippen LogP contribution in [0.25, 0.3) is 11.4 Å². The van der Waals surface area contributed by atoms with Gasteiger partial charge in [-0.15, -0.1) is 10.2 Å². The van der Waals surface area contributed by atoms with Crippen molar-refractivity contribution < 1.29 is 8.81 Å². The second-order valence-electron chi connectivity index (χ2n) is 5.37. The minimum Gasteiger partial charge on any atom is -0.469 e. The summed E-state index contributed by atoms with van der Waals surface area (Å²) in [6.07, 6.45) is 2.62.